The van der Waals surface area contributed by atoms with Gasteiger partial charge in [-0.1, -0.05) is 32.0 Å². The monoisotopic (exact) mass is 316 g/mol. The molecule has 0 aliphatic rings. The fourth-order valence-corrected chi connectivity index (χ4v) is 2.72. The number of carbonyl (C=O) groups is 1. The van der Waals surface area contributed by atoms with Crippen LogP contribution in [-0.2, 0) is 0 Å². The molecule has 2 nitrogen and oxygen atoms in total. The van der Waals surface area contributed by atoms with Crippen LogP contribution < -0.4 is 0 Å². The average Bonchev–Trinajstić information content (AvgIpc) is 2.52. The van der Waals surface area contributed by atoms with Gasteiger partial charge in [0.1, 0.15) is 0 Å². The molecule has 1 rings (SSSR count). The van der Waals surface area contributed by atoms with Crippen LogP contribution in [-0.4, -0.2) is 36.9 Å². The number of Topliss-reactive ketones (excluding diaryl/α,β-unsaturated/α-hetero) is 1. The van der Waals surface area contributed by atoms with Crippen molar-refractivity contribution in [2.75, 3.05) is 26.7 Å². The van der Waals surface area contributed by atoms with Crippen LogP contribution in [0.1, 0.15) is 63.4 Å². The number of allylic oxidation sites excluding steroid dienone is 1. The van der Waals surface area contributed by atoms with E-state index in [1.54, 1.807) is 6.92 Å². The Balaban J connectivity index is 2.76. The molecule has 0 bridgehead atoms. The summed E-state index contributed by atoms with van der Waals surface area (Å²) in [5, 5.41) is 0. The predicted molar refractivity (Wildman–Crippen MR) is 101 cm³/mol. The number of hydrogen-bond acceptors (Lipinski definition) is 1. The lowest BCUT2D eigenvalue weighted by molar-refractivity contribution is -0.902. The summed E-state index contributed by atoms with van der Waals surface area (Å²) in [7, 11) is 2.34. The summed E-state index contributed by atoms with van der Waals surface area (Å²) in [4.78, 5) is 11.5. The van der Waals surface area contributed by atoms with Crippen molar-refractivity contribution in [2.45, 2.75) is 47.5 Å². The van der Waals surface area contributed by atoms with Crippen LogP contribution in [0.5, 0.6) is 0 Å². The van der Waals surface area contributed by atoms with Crippen molar-refractivity contribution in [3.05, 3.63) is 41.5 Å². The number of likely N-dealkylation sites (N-methyl/N-ethyl adjacent to an activating group) is 1. The van der Waals surface area contributed by atoms with Gasteiger partial charge in [-0.15, -0.1) is 0 Å². The van der Waals surface area contributed by atoms with E-state index in [2.05, 4.69) is 46.9 Å². The summed E-state index contributed by atoms with van der Waals surface area (Å²) >= 11 is 0. The van der Waals surface area contributed by atoms with Crippen LogP contribution in [0.15, 0.2) is 30.3 Å². The molecule has 1 atom stereocenters. The van der Waals surface area contributed by atoms with Gasteiger partial charge >= 0.3 is 0 Å². The molecule has 1 aromatic rings. The minimum Gasteiger partial charge on any atom is -0.323 e. The standard InChI is InChI=1S/C21H34NO/c1-7-22(6,14-9-10-17(2)3)15-13-18(4)20-11-8-12-21(16-20)19(5)23/h8,11-13,16-17H,7,9-10,14-15H2,1-6H3/q+1/b18-13+. The maximum atomic E-state index is 11.5. The Morgan fingerprint density at radius 1 is 1.22 bits per heavy atom. The molecule has 0 N–H and O–H groups in total. The van der Waals surface area contributed by atoms with Gasteiger partial charge in [-0.2, -0.15) is 0 Å². The lowest BCUT2D eigenvalue weighted by Gasteiger charge is -2.33. The zero-order valence-electron chi connectivity index (χ0n) is 15.9. The summed E-state index contributed by atoms with van der Waals surface area (Å²) in [6.07, 6.45) is 4.92. The molecule has 128 valence electrons. The van der Waals surface area contributed by atoms with E-state index in [9.17, 15) is 4.79 Å². The summed E-state index contributed by atoms with van der Waals surface area (Å²) in [5.74, 6) is 0.911. The molecule has 0 aromatic heterocycles. The maximum absolute atomic E-state index is 11.5. The van der Waals surface area contributed by atoms with E-state index < -0.39 is 0 Å². The third-order valence-corrected chi connectivity index (χ3v) is 4.81. The van der Waals surface area contributed by atoms with Crippen molar-refractivity contribution in [3.8, 4) is 0 Å². The summed E-state index contributed by atoms with van der Waals surface area (Å²) in [6.45, 7) is 14.1. The first-order chi connectivity index (χ1) is 10.8. The smallest absolute Gasteiger partial charge is 0.159 e. The minimum absolute atomic E-state index is 0.127. The number of ketones is 1. The van der Waals surface area contributed by atoms with Gasteiger partial charge in [-0.25, -0.2) is 0 Å². The highest BCUT2D eigenvalue weighted by Crippen LogP contribution is 2.17. The second kappa shape index (κ2) is 9.02. The van der Waals surface area contributed by atoms with E-state index in [0.717, 1.165) is 34.6 Å². The highest BCUT2D eigenvalue weighted by atomic mass is 16.1. The van der Waals surface area contributed by atoms with Crippen LogP contribution >= 0.6 is 0 Å². The zero-order valence-corrected chi connectivity index (χ0v) is 15.9. The van der Waals surface area contributed by atoms with Crippen LogP contribution in [0.25, 0.3) is 5.57 Å². The third kappa shape index (κ3) is 6.70. The number of hydrogen-bond donors (Lipinski definition) is 0. The van der Waals surface area contributed by atoms with Gasteiger partial charge in [-0.3, -0.25) is 4.79 Å². The zero-order chi connectivity index (χ0) is 17.5. The van der Waals surface area contributed by atoms with Crippen molar-refractivity contribution < 1.29 is 9.28 Å². The molecule has 1 unspecified atom stereocenters. The van der Waals surface area contributed by atoms with Crippen molar-refractivity contribution in [1.29, 1.82) is 0 Å². The number of benzene rings is 1. The van der Waals surface area contributed by atoms with Crippen LogP contribution in [0.2, 0.25) is 0 Å². The van der Waals surface area contributed by atoms with Gasteiger partial charge < -0.3 is 4.48 Å². The van der Waals surface area contributed by atoms with E-state index in [1.165, 1.54) is 25.0 Å². The van der Waals surface area contributed by atoms with Crippen LogP contribution in [0.3, 0.4) is 0 Å². The second-order valence-electron chi connectivity index (χ2n) is 7.40. The summed E-state index contributed by atoms with van der Waals surface area (Å²) < 4.78 is 1.08. The Bertz CT molecular complexity index is 545. The highest BCUT2D eigenvalue weighted by molar-refractivity contribution is 5.94. The van der Waals surface area contributed by atoms with E-state index in [1.807, 2.05) is 18.2 Å². The van der Waals surface area contributed by atoms with E-state index in [-0.39, 0.29) is 5.78 Å². The fourth-order valence-electron chi connectivity index (χ4n) is 2.72. The molecule has 0 spiro atoms. The molecule has 2 heteroatoms. The molecular formula is C21H34NO+. The Hall–Kier alpha value is -1.41. The summed E-state index contributed by atoms with van der Waals surface area (Å²) in [5.41, 5.74) is 3.21. The Labute approximate surface area is 142 Å². The quantitative estimate of drug-likeness (QED) is 0.452. The van der Waals surface area contributed by atoms with Gasteiger partial charge in [0.2, 0.25) is 0 Å². The van der Waals surface area contributed by atoms with Crippen molar-refractivity contribution in [2.24, 2.45) is 5.92 Å². The molecule has 0 aliphatic heterocycles. The molecule has 0 heterocycles. The molecule has 0 saturated heterocycles. The first kappa shape index (κ1) is 19.6. The normalized spacial score (nSPS) is 14.8. The van der Waals surface area contributed by atoms with E-state index in [0.29, 0.717) is 0 Å². The number of carbonyl (C=O) groups excluding carboxylic acids is 1. The van der Waals surface area contributed by atoms with Gasteiger partial charge in [0.05, 0.1) is 26.7 Å². The molecule has 23 heavy (non-hydrogen) atoms. The first-order valence-electron chi connectivity index (χ1n) is 8.89. The maximum Gasteiger partial charge on any atom is 0.159 e. The molecule has 0 fully saturated rings. The number of rotatable bonds is 9. The lowest BCUT2D eigenvalue weighted by Crippen LogP contribution is -2.44. The number of nitrogens with zero attached hydrogens (tertiary/aromatic N) is 1. The molecule has 0 amide bonds. The topological polar surface area (TPSA) is 17.1 Å². The van der Waals surface area contributed by atoms with Gasteiger partial charge in [0.15, 0.2) is 5.78 Å². The minimum atomic E-state index is 0.127. The SMILES string of the molecule is CC[N+](C)(C/C=C(\C)c1cccc(C(C)=O)c1)CCCC(C)C. The van der Waals surface area contributed by atoms with Crippen molar-refractivity contribution >= 4 is 11.4 Å². The predicted octanol–water partition coefficient (Wildman–Crippen LogP) is 5.20. The van der Waals surface area contributed by atoms with Crippen LogP contribution in [0, 0.1) is 5.92 Å². The van der Waals surface area contributed by atoms with Crippen LogP contribution in [0.4, 0.5) is 0 Å². The van der Waals surface area contributed by atoms with Crippen molar-refractivity contribution in [1.82, 2.24) is 0 Å². The van der Waals surface area contributed by atoms with E-state index in [4.69, 9.17) is 0 Å². The Morgan fingerprint density at radius 3 is 2.43 bits per heavy atom. The largest absolute Gasteiger partial charge is 0.323 e. The average molecular weight is 317 g/mol. The highest BCUT2D eigenvalue weighted by Gasteiger charge is 2.17. The van der Waals surface area contributed by atoms with E-state index >= 15 is 0 Å². The third-order valence-electron chi connectivity index (χ3n) is 4.81. The summed E-state index contributed by atoms with van der Waals surface area (Å²) in [6, 6.07) is 7.95. The van der Waals surface area contributed by atoms with Gasteiger partial charge in [0, 0.05) is 5.56 Å². The van der Waals surface area contributed by atoms with Gasteiger partial charge in [-0.05, 0) is 62.8 Å². The fraction of sp³-hybridized carbons (Fsp3) is 0.571. The molecular weight excluding hydrogens is 282 g/mol. The lowest BCUT2D eigenvalue weighted by atomic mass is 10.0. The first-order valence-corrected chi connectivity index (χ1v) is 8.89. The number of quaternary nitrogens is 1. The molecule has 0 aliphatic carbocycles. The second-order valence-corrected chi connectivity index (χ2v) is 7.40. The molecule has 0 radical (unpaired) electrons. The molecule has 1 aromatic carbocycles. The van der Waals surface area contributed by atoms with Crippen molar-refractivity contribution in [3.63, 3.8) is 0 Å². The molecule has 0 saturated carbocycles. The van der Waals surface area contributed by atoms with Gasteiger partial charge in [0.25, 0.3) is 0 Å². The Kier molecular flexibility index (Phi) is 7.70. The Morgan fingerprint density at radius 2 is 1.87 bits per heavy atom.